The number of methoxy groups -OCH3 is 1. The summed E-state index contributed by atoms with van der Waals surface area (Å²) in [7, 11) is 1.69. The van der Waals surface area contributed by atoms with Gasteiger partial charge in [-0.3, -0.25) is 4.98 Å². The van der Waals surface area contributed by atoms with Crippen LogP contribution in [0.25, 0.3) is 0 Å². The summed E-state index contributed by atoms with van der Waals surface area (Å²) in [4.78, 5) is 4.24. The maximum Gasteiger partial charge on any atom is 0.160 e. The zero-order valence-corrected chi connectivity index (χ0v) is 11.2. The van der Waals surface area contributed by atoms with E-state index in [4.69, 9.17) is 4.74 Å². The van der Waals surface area contributed by atoms with Crippen molar-refractivity contribution < 1.29 is 4.74 Å². The summed E-state index contributed by atoms with van der Waals surface area (Å²) in [5, 5.41) is 3.52. The van der Waals surface area contributed by atoms with E-state index in [1.807, 2.05) is 6.92 Å². The fourth-order valence-corrected chi connectivity index (χ4v) is 2.24. The van der Waals surface area contributed by atoms with Crippen molar-refractivity contribution in [3.63, 3.8) is 0 Å². The predicted octanol–water partition coefficient (Wildman–Crippen LogP) is 3.25. The van der Waals surface area contributed by atoms with E-state index in [1.54, 1.807) is 13.3 Å². The first-order valence-corrected chi connectivity index (χ1v) is 6.32. The number of hydrogen-bond acceptors (Lipinski definition) is 3. The zero-order valence-electron chi connectivity index (χ0n) is 11.2. The monoisotopic (exact) mass is 234 g/mol. The maximum atomic E-state index is 5.32. The van der Waals surface area contributed by atoms with Crippen LogP contribution in [-0.2, 0) is 0 Å². The molecule has 0 radical (unpaired) electrons. The third-order valence-corrected chi connectivity index (χ3v) is 3.97. The van der Waals surface area contributed by atoms with Gasteiger partial charge in [-0.15, -0.1) is 0 Å². The Morgan fingerprint density at radius 2 is 2.18 bits per heavy atom. The minimum absolute atomic E-state index is 0.502. The van der Waals surface area contributed by atoms with Crippen molar-refractivity contribution in [3.8, 4) is 5.75 Å². The normalized spacial score (nSPS) is 17.0. The molecule has 1 heterocycles. The quantitative estimate of drug-likeness (QED) is 0.849. The van der Waals surface area contributed by atoms with Crippen LogP contribution in [0.1, 0.15) is 32.4 Å². The lowest BCUT2D eigenvalue weighted by Crippen LogP contribution is -2.21. The summed E-state index contributed by atoms with van der Waals surface area (Å²) in [6.07, 6.45) is 4.46. The molecule has 1 N–H and O–H groups in total. The van der Waals surface area contributed by atoms with Gasteiger partial charge in [-0.2, -0.15) is 0 Å². The predicted molar refractivity (Wildman–Crippen MR) is 70.5 cm³/mol. The average molecular weight is 234 g/mol. The van der Waals surface area contributed by atoms with Gasteiger partial charge in [-0.1, -0.05) is 13.8 Å². The van der Waals surface area contributed by atoms with Crippen molar-refractivity contribution in [3.05, 3.63) is 18.0 Å². The van der Waals surface area contributed by atoms with Crippen LogP contribution in [-0.4, -0.2) is 18.6 Å². The number of aromatic nitrogens is 1. The second-order valence-electron chi connectivity index (χ2n) is 5.40. The summed E-state index contributed by atoms with van der Waals surface area (Å²) >= 11 is 0. The van der Waals surface area contributed by atoms with Crippen LogP contribution in [0.4, 0.5) is 5.69 Å². The number of aryl methyl sites for hydroxylation is 1. The molecule has 0 aromatic carbocycles. The molecule has 2 rings (SSSR count). The van der Waals surface area contributed by atoms with Gasteiger partial charge in [-0.25, -0.2) is 0 Å². The van der Waals surface area contributed by atoms with E-state index in [2.05, 4.69) is 30.2 Å². The fourth-order valence-electron chi connectivity index (χ4n) is 2.24. The molecule has 17 heavy (non-hydrogen) atoms. The Balaban J connectivity index is 2.06. The molecule has 3 heteroatoms. The van der Waals surface area contributed by atoms with Crippen molar-refractivity contribution >= 4 is 5.69 Å². The second kappa shape index (κ2) is 4.55. The van der Waals surface area contributed by atoms with Gasteiger partial charge in [0, 0.05) is 12.2 Å². The first-order chi connectivity index (χ1) is 8.07. The Bertz CT molecular complexity index is 397. The summed E-state index contributed by atoms with van der Waals surface area (Å²) in [6.45, 7) is 7.65. The Labute approximate surface area is 104 Å². The van der Waals surface area contributed by atoms with Crippen molar-refractivity contribution in [2.75, 3.05) is 19.0 Å². The van der Waals surface area contributed by atoms with Crippen LogP contribution in [0.5, 0.6) is 5.75 Å². The minimum Gasteiger partial charge on any atom is -0.493 e. The molecular formula is C14H22N2O. The van der Waals surface area contributed by atoms with Crippen LogP contribution < -0.4 is 10.1 Å². The van der Waals surface area contributed by atoms with E-state index in [-0.39, 0.29) is 0 Å². The summed E-state index contributed by atoms with van der Waals surface area (Å²) in [5.74, 6) is 1.57. The highest BCUT2D eigenvalue weighted by Crippen LogP contribution is 2.51. The summed E-state index contributed by atoms with van der Waals surface area (Å²) < 4.78 is 5.32. The summed E-state index contributed by atoms with van der Waals surface area (Å²) in [6, 6.07) is 2.05. The van der Waals surface area contributed by atoms with Crippen LogP contribution >= 0.6 is 0 Å². The smallest absolute Gasteiger partial charge is 0.160 e. The highest BCUT2D eigenvalue weighted by atomic mass is 16.5. The van der Waals surface area contributed by atoms with Gasteiger partial charge in [0.25, 0.3) is 0 Å². The van der Waals surface area contributed by atoms with Crippen LogP contribution in [0.3, 0.4) is 0 Å². The number of ether oxygens (including phenoxy) is 1. The molecule has 1 aromatic rings. The third-order valence-electron chi connectivity index (χ3n) is 3.97. The van der Waals surface area contributed by atoms with Crippen molar-refractivity contribution in [1.29, 1.82) is 0 Å². The highest BCUT2D eigenvalue weighted by Gasteiger charge is 2.44. The van der Waals surface area contributed by atoms with Gasteiger partial charge in [0.1, 0.15) is 0 Å². The van der Waals surface area contributed by atoms with E-state index >= 15 is 0 Å². The molecule has 1 fully saturated rings. The molecule has 1 saturated carbocycles. The number of nitrogens with zero attached hydrogens (tertiary/aromatic N) is 1. The van der Waals surface area contributed by atoms with Gasteiger partial charge in [0.15, 0.2) is 5.75 Å². The minimum atomic E-state index is 0.502. The van der Waals surface area contributed by atoms with Crippen LogP contribution in [0, 0.1) is 18.3 Å². The first-order valence-electron chi connectivity index (χ1n) is 6.32. The van der Waals surface area contributed by atoms with Crippen molar-refractivity contribution in [2.45, 2.75) is 33.6 Å². The van der Waals surface area contributed by atoms with Crippen molar-refractivity contribution in [1.82, 2.24) is 4.98 Å². The number of pyridine rings is 1. The molecule has 0 spiro atoms. The molecule has 0 atom stereocenters. The van der Waals surface area contributed by atoms with Gasteiger partial charge in [-0.05, 0) is 37.2 Å². The lowest BCUT2D eigenvalue weighted by molar-refractivity contribution is 0.378. The molecule has 0 amide bonds. The molecule has 1 aliphatic rings. The Morgan fingerprint density at radius 3 is 2.71 bits per heavy atom. The standard InChI is InChI=1S/C14H22N2O/c1-10(2)14(5-6-14)9-16-12-7-11(3)15-8-13(12)17-4/h7-8,10H,5-6,9H2,1-4H3,(H,15,16). The van der Waals surface area contributed by atoms with Gasteiger partial charge in [0.2, 0.25) is 0 Å². The number of nitrogens with one attached hydrogen (secondary N) is 1. The highest BCUT2D eigenvalue weighted by molar-refractivity contribution is 5.56. The fraction of sp³-hybridized carbons (Fsp3) is 0.643. The number of hydrogen-bond donors (Lipinski definition) is 1. The van der Waals surface area contributed by atoms with E-state index in [0.29, 0.717) is 5.41 Å². The summed E-state index contributed by atoms with van der Waals surface area (Å²) in [5.41, 5.74) is 2.58. The topological polar surface area (TPSA) is 34.1 Å². The Hall–Kier alpha value is -1.25. The Kier molecular flexibility index (Phi) is 3.27. The molecule has 0 bridgehead atoms. The molecular weight excluding hydrogens is 212 g/mol. The molecule has 0 unspecified atom stereocenters. The third kappa shape index (κ3) is 2.54. The molecule has 94 valence electrons. The average Bonchev–Trinajstić information content (AvgIpc) is 3.07. The van der Waals surface area contributed by atoms with Crippen LogP contribution in [0.15, 0.2) is 12.3 Å². The molecule has 0 saturated heterocycles. The number of anilines is 1. The van der Waals surface area contributed by atoms with E-state index in [0.717, 1.165) is 29.6 Å². The Morgan fingerprint density at radius 1 is 1.47 bits per heavy atom. The zero-order chi connectivity index (χ0) is 12.5. The first kappa shape index (κ1) is 12.2. The molecule has 3 nitrogen and oxygen atoms in total. The molecule has 1 aromatic heterocycles. The number of rotatable bonds is 5. The van der Waals surface area contributed by atoms with Crippen LogP contribution in [0.2, 0.25) is 0 Å². The molecule has 0 aliphatic heterocycles. The van der Waals surface area contributed by atoms with Gasteiger partial charge < -0.3 is 10.1 Å². The van der Waals surface area contributed by atoms with Gasteiger partial charge >= 0.3 is 0 Å². The SMILES string of the molecule is COc1cnc(C)cc1NCC1(C(C)C)CC1. The lowest BCUT2D eigenvalue weighted by atomic mass is 9.92. The van der Waals surface area contributed by atoms with E-state index < -0.39 is 0 Å². The largest absolute Gasteiger partial charge is 0.493 e. The van der Waals surface area contributed by atoms with E-state index in [1.165, 1.54) is 12.8 Å². The maximum absolute atomic E-state index is 5.32. The van der Waals surface area contributed by atoms with E-state index in [9.17, 15) is 0 Å². The lowest BCUT2D eigenvalue weighted by Gasteiger charge is -2.21. The van der Waals surface area contributed by atoms with Gasteiger partial charge in [0.05, 0.1) is 19.0 Å². The molecule has 1 aliphatic carbocycles. The second-order valence-corrected chi connectivity index (χ2v) is 5.40. The van der Waals surface area contributed by atoms with Crippen molar-refractivity contribution in [2.24, 2.45) is 11.3 Å².